The first-order valence-electron chi connectivity index (χ1n) is 4.03. The molecule has 0 amide bonds. The second-order valence-corrected chi connectivity index (χ2v) is 2.85. The summed E-state index contributed by atoms with van der Waals surface area (Å²) in [6.07, 6.45) is 0. The van der Waals surface area contributed by atoms with Gasteiger partial charge in [-0.3, -0.25) is 0 Å². The Bertz CT molecular complexity index is 280. The Morgan fingerprint density at radius 1 is 1.54 bits per heavy atom. The highest BCUT2D eigenvalue weighted by molar-refractivity contribution is 6.31. The Morgan fingerprint density at radius 3 is 3.00 bits per heavy atom. The van der Waals surface area contributed by atoms with Gasteiger partial charge in [-0.1, -0.05) is 23.7 Å². The SMILES string of the molecule is CCONCc1cccc(F)c1Cl. The fourth-order valence-corrected chi connectivity index (χ4v) is 1.11. The summed E-state index contributed by atoms with van der Waals surface area (Å²) in [5.41, 5.74) is 3.36. The third-order valence-electron chi connectivity index (χ3n) is 1.54. The van der Waals surface area contributed by atoms with Crippen LogP contribution in [0.15, 0.2) is 18.2 Å². The lowest BCUT2D eigenvalue weighted by Crippen LogP contribution is -2.14. The van der Waals surface area contributed by atoms with Crippen LogP contribution in [0.4, 0.5) is 4.39 Å². The molecular formula is C9H11ClFNO. The predicted molar refractivity (Wildman–Crippen MR) is 49.9 cm³/mol. The minimum Gasteiger partial charge on any atom is -0.302 e. The first-order valence-corrected chi connectivity index (χ1v) is 4.41. The van der Waals surface area contributed by atoms with Crippen molar-refractivity contribution in [1.29, 1.82) is 0 Å². The highest BCUT2D eigenvalue weighted by atomic mass is 35.5. The molecule has 0 saturated carbocycles. The van der Waals surface area contributed by atoms with Crippen LogP contribution in [0.3, 0.4) is 0 Å². The maximum Gasteiger partial charge on any atom is 0.142 e. The molecule has 0 aromatic heterocycles. The van der Waals surface area contributed by atoms with Gasteiger partial charge in [-0.15, -0.1) is 0 Å². The second-order valence-electron chi connectivity index (χ2n) is 2.47. The lowest BCUT2D eigenvalue weighted by atomic mass is 10.2. The number of rotatable bonds is 4. The Hall–Kier alpha value is -0.640. The van der Waals surface area contributed by atoms with Crippen molar-refractivity contribution in [1.82, 2.24) is 5.48 Å². The molecule has 1 rings (SSSR count). The molecule has 4 heteroatoms. The maximum atomic E-state index is 12.9. The molecule has 13 heavy (non-hydrogen) atoms. The van der Waals surface area contributed by atoms with Gasteiger partial charge in [0.05, 0.1) is 11.6 Å². The topological polar surface area (TPSA) is 21.3 Å². The van der Waals surface area contributed by atoms with Crippen molar-refractivity contribution in [2.75, 3.05) is 6.61 Å². The molecule has 1 aromatic rings. The Morgan fingerprint density at radius 2 is 2.31 bits per heavy atom. The summed E-state index contributed by atoms with van der Waals surface area (Å²) < 4.78 is 12.9. The van der Waals surface area contributed by atoms with Gasteiger partial charge in [0.1, 0.15) is 5.82 Å². The number of benzene rings is 1. The monoisotopic (exact) mass is 203 g/mol. The van der Waals surface area contributed by atoms with E-state index < -0.39 is 5.82 Å². The maximum absolute atomic E-state index is 12.9. The van der Waals surface area contributed by atoms with Gasteiger partial charge in [0.15, 0.2) is 0 Å². The van der Waals surface area contributed by atoms with Gasteiger partial charge >= 0.3 is 0 Å². The fraction of sp³-hybridized carbons (Fsp3) is 0.333. The zero-order chi connectivity index (χ0) is 9.68. The summed E-state index contributed by atoms with van der Waals surface area (Å²) in [6.45, 7) is 2.83. The van der Waals surface area contributed by atoms with Crippen molar-refractivity contribution in [2.45, 2.75) is 13.5 Å². The zero-order valence-electron chi connectivity index (χ0n) is 7.31. The van der Waals surface area contributed by atoms with Crippen LogP contribution in [-0.2, 0) is 11.4 Å². The summed E-state index contributed by atoms with van der Waals surface area (Å²) in [7, 11) is 0. The van der Waals surface area contributed by atoms with E-state index in [4.69, 9.17) is 16.4 Å². The number of nitrogens with one attached hydrogen (secondary N) is 1. The van der Waals surface area contributed by atoms with Crippen LogP contribution in [0.2, 0.25) is 5.02 Å². The molecule has 0 atom stereocenters. The molecule has 0 radical (unpaired) electrons. The zero-order valence-corrected chi connectivity index (χ0v) is 8.07. The van der Waals surface area contributed by atoms with Gasteiger partial charge in [0, 0.05) is 6.54 Å². The van der Waals surface area contributed by atoms with Crippen molar-refractivity contribution in [3.05, 3.63) is 34.6 Å². The normalized spacial score (nSPS) is 10.4. The average Bonchev–Trinajstić information content (AvgIpc) is 2.13. The number of halogens is 2. The molecule has 0 unspecified atom stereocenters. The molecule has 0 aliphatic rings. The van der Waals surface area contributed by atoms with Gasteiger partial charge in [-0.05, 0) is 18.6 Å². The van der Waals surface area contributed by atoms with Crippen molar-refractivity contribution >= 4 is 11.6 Å². The van der Waals surface area contributed by atoms with E-state index in [0.717, 1.165) is 0 Å². The van der Waals surface area contributed by atoms with Crippen LogP contribution in [0.5, 0.6) is 0 Å². The minimum absolute atomic E-state index is 0.148. The molecule has 1 N–H and O–H groups in total. The van der Waals surface area contributed by atoms with Gasteiger partial charge in [-0.2, -0.15) is 5.48 Å². The molecule has 0 aliphatic carbocycles. The second kappa shape index (κ2) is 5.17. The average molecular weight is 204 g/mol. The first kappa shape index (κ1) is 10.4. The Labute approximate surface area is 81.6 Å². The lowest BCUT2D eigenvalue weighted by molar-refractivity contribution is 0.0463. The van der Waals surface area contributed by atoms with Crippen LogP contribution in [0.25, 0.3) is 0 Å². The molecular weight excluding hydrogens is 193 g/mol. The quantitative estimate of drug-likeness (QED) is 0.600. The number of hydrogen-bond acceptors (Lipinski definition) is 2. The predicted octanol–water partition coefficient (Wildman–Crippen LogP) is 2.52. The van der Waals surface area contributed by atoms with Gasteiger partial charge in [0.2, 0.25) is 0 Å². The summed E-state index contributed by atoms with van der Waals surface area (Å²) in [5.74, 6) is -0.405. The van der Waals surface area contributed by atoms with E-state index in [-0.39, 0.29) is 5.02 Å². The third-order valence-corrected chi connectivity index (χ3v) is 1.96. The van der Waals surface area contributed by atoms with Gasteiger partial charge < -0.3 is 4.84 Å². The molecule has 1 aromatic carbocycles. The van der Waals surface area contributed by atoms with Crippen molar-refractivity contribution in [3.8, 4) is 0 Å². The van der Waals surface area contributed by atoms with E-state index in [1.807, 2.05) is 6.92 Å². The third kappa shape index (κ3) is 2.95. The summed E-state index contributed by atoms with van der Waals surface area (Å²) in [6, 6.07) is 4.69. The largest absolute Gasteiger partial charge is 0.302 e. The standard InChI is InChI=1S/C9H11ClFNO/c1-2-13-12-6-7-4-3-5-8(11)9(7)10/h3-5,12H,2,6H2,1H3. The van der Waals surface area contributed by atoms with E-state index in [1.54, 1.807) is 12.1 Å². The first-order chi connectivity index (χ1) is 6.25. The van der Waals surface area contributed by atoms with E-state index >= 15 is 0 Å². The summed E-state index contributed by atoms with van der Waals surface area (Å²) in [5, 5.41) is 0.148. The van der Waals surface area contributed by atoms with E-state index in [2.05, 4.69) is 5.48 Å². The van der Waals surface area contributed by atoms with E-state index in [9.17, 15) is 4.39 Å². The highest BCUT2D eigenvalue weighted by Crippen LogP contribution is 2.19. The van der Waals surface area contributed by atoms with Crippen LogP contribution in [0.1, 0.15) is 12.5 Å². The Kier molecular flexibility index (Phi) is 4.15. The minimum atomic E-state index is -0.405. The fourth-order valence-electron chi connectivity index (χ4n) is 0.916. The van der Waals surface area contributed by atoms with Crippen LogP contribution >= 0.6 is 11.6 Å². The van der Waals surface area contributed by atoms with Crippen LogP contribution < -0.4 is 5.48 Å². The summed E-state index contributed by atoms with van der Waals surface area (Å²) >= 11 is 5.70. The lowest BCUT2D eigenvalue weighted by Gasteiger charge is -2.05. The van der Waals surface area contributed by atoms with Crippen molar-refractivity contribution < 1.29 is 9.23 Å². The molecule has 0 fully saturated rings. The van der Waals surface area contributed by atoms with Crippen molar-refractivity contribution in [2.24, 2.45) is 0 Å². The van der Waals surface area contributed by atoms with Crippen molar-refractivity contribution in [3.63, 3.8) is 0 Å². The number of hydrogen-bond donors (Lipinski definition) is 1. The smallest absolute Gasteiger partial charge is 0.142 e. The molecule has 0 bridgehead atoms. The number of hydroxylamine groups is 1. The molecule has 0 heterocycles. The van der Waals surface area contributed by atoms with Crippen LogP contribution in [-0.4, -0.2) is 6.61 Å². The molecule has 2 nitrogen and oxygen atoms in total. The molecule has 0 spiro atoms. The van der Waals surface area contributed by atoms with E-state index in [0.29, 0.717) is 18.7 Å². The molecule has 72 valence electrons. The molecule has 0 aliphatic heterocycles. The van der Waals surface area contributed by atoms with Gasteiger partial charge in [0.25, 0.3) is 0 Å². The summed E-state index contributed by atoms with van der Waals surface area (Å²) in [4.78, 5) is 4.90. The van der Waals surface area contributed by atoms with Crippen LogP contribution in [0, 0.1) is 5.82 Å². The van der Waals surface area contributed by atoms with E-state index in [1.165, 1.54) is 6.07 Å². The van der Waals surface area contributed by atoms with Gasteiger partial charge in [-0.25, -0.2) is 4.39 Å². The highest BCUT2D eigenvalue weighted by Gasteiger charge is 2.04. The molecule has 0 saturated heterocycles. The Balaban J connectivity index is 2.61.